The van der Waals surface area contributed by atoms with Crippen molar-refractivity contribution in [3.05, 3.63) is 29.8 Å². The van der Waals surface area contributed by atoms with Crippen molar-refractivity contribution >= 4 is 35.8 Å². The molecule has 0 bridgehead atoms. The van der Waals surface area contributed by atoms with Gasteiger partial charge in [0.2, 0.25) is 5.91 Å². The van der Waals surface area contributed by atoms with Gasteiger partial charge in [0.1, 0.15) is 0 Å². The number of rotatable bonds is 6. The first-order valence-electron chi connectivity index (χ1n) is 7.82. The van der Waals surface area contributed by atoms with Crippen molar-refractivity contribution in [2.75, 3.05) is 18.5 Å². The Labute approximate surface area is 144 Å². The lowest BCUT2D eigenvalue weighted by Crippen LogP contribution is -2.35. The van der Waals surface area contributed by atoms with Gasteiger partial charge in [-0.1, -0.05) is 25.1 Å². The van der Waals surface area contributed by atoms with E-state index in [4.69, 9.17) is 5.73 Å². The molecule has 1 fully saturated rings. The van der Waals surface area contributed by atoms with E-state index in [0.29, 0.717) is 12.5 Å². The number of amides is 1. The van der Waals surface area contributed by atoms with Crippen LogP contribution in [0.5, 0.6) is 0 Å². The fourth-order valence-electron chi connectivity index (χ4n) is 3.04. The lowest BCUT2D eigenvalue weighted by atomic mass is 10.1. The maximum absolute atomic E-state index is 12.4. The molecule has 2 rings (SSSR count). The Morgan fingerprint density at radius 1 is 1.36 bits per heavy atom. The van der Waals surface area contributed by atoms with E-state index in [2.05, 4.69) is 6.92 Å². The van der Waals surface area contributed by atoms with E-state index >= 15 is 0 Å². The van der Waals surface area contributed by atoms with Crippen molar-refractivity contribution in [2.45, 2.75) is 50.3 Å². The summed E-state index contributed by atoms with van der Waals surface area (Å²) in [6.45, 7) is 2.21. The Kier molecular flexibility index (Phi) is 8.12. The Bertz CT molecular complexity index is 483. The molecule has 0 spiro atoms. The van der Waals surface area contributed by atoms with Crippen LogP contribution in [0.25, 0.3) is 0 Å². The third-order valence-electron chi connectivity index (χ3n) is 4.36. The monoisotopic (exact) mass is 342 g/mol. The van der Waals surface area contributed by atoms with E-state index < -0.39 is 0 Å². The van der Waals surface area contributed by atoms with Crippen LogP contribution in [0, 0.1) is 0 Å². The number of halogens is 1. The molecule has 1 aromatic rings. The van der Waals surface area contributed by atoms with Gasteiger partial charge >= 0.3 is 0 Å². The summed E-state index contributed by atoms with van der Waals surface area (Å²) in [5.41, 5.74) is 7.79. The molecular formula is C17H27ClN2OS. The highest BCUT2D eigenvalue weighted by molar-refractivity contribution is 7.99. The number of anilines is 1. The fraction of sp³-hybridized carbons (Fsp3) is 0.588. The number of nitrogens with zero attached hydrogens (tertiary/aromatic N) is 1. The fourth-order valence-corrected chi connectivity index (χ4v) is 4.17. The molecule has 0 aromatic heterocycles. The third kappa shape index (κ3) is 5.10. The summed E-state index contributed by atoms with van der Waals surface area (Å²) in [6.07, 6.45) is 4.82. The van der Waals surface area contributed by atoms with E-state index in [0.717, 1.165) is 35.8 Å². The summed E-state index contributed by atoms with van der Waals surface area (Å²) < 4.78 is 0. The van der Waals surface area contributed by atoms with Crippen molar-refractivity contribution in [2.24, 2.45) is 0 Å². The summed E-state index contributed by atoms with van der Waals surface area (Å²) in [4.78, 5) is 14.3. The van der Waals surface area contributed by atoms with E-state index in [9.17, 15) is 4.79 Å². The van der Waals surface area contributed by atoms with Gasteiger partial charge < -0.3 is 10.6 Å². The van der Waals surface area contributed by atoms with E-state index in [1.165, 1.54) is 12.2 Å². The zero-order valence-corrected chi connectivity index (χ0v) is 15.1. The molecular weight excluding hydrogens is 316 g/mol. The van der Waals surface area contributed by atoms with Crippen molar-refractivity contribution < 1.29 is 4.79 Å². The zero-order valence-electron chi connectivity index (χ0n) is 13.5. The zero-order chi connectivity index (χ0) is 15.2. The molecule has 2 N–H and O–H groups in total. The Morgan fingerprint density at radius 3 is 2.77 bits per heavy atom. The van der Waals surface area contributed by atoms with Crippen molar-refractivity contribution in [3.8, 4) is 0 Å². The molecule has 22 heavy (non-hydrogen) atoms. The van der Waals surface area contributed by atoms with Gasteiger partial charge in [-0.25, -0.2) is 0 Å². The van der Waals surface area contributed by atoms with Crippen LogP contribution in [0.3, 0.4) is 0 Å². The molecule has 2 unspecified atom stereocenters. The number of nitrogen functional groups attached to an aromatic ring is 1. The molecule has 2 atom stereocenters. The summed E-state index contributed by atoms with van der Waals surface area (Å²) in [5, 5.41) is 0.736. The highest BCUT2D eigenvalue weighted by Gasteiger charge is 2.29. The van der Waals surface area contributed by atoms with Gasteiger partial charge in [0, 0.05) is 30.4 Å². The molecule has 3 nitrogen and oxygen atoms in total. The molecule has 0 aliphatic heterocycles. The first kappa shape index (κ1) is 19.2. The minimum atomic E-state index is 0. The van der Waals surface area contributed by atoms with Crippen molar-refractivity contribution in [3.63, 3.8) is 0 Å². The molecule has 1 amide bonds. The van der Waals surface area contributed by atoms with Gasteiger partial charge in [-0.05, 0) is 43.1 Å². The van der Waals surface area contributed by atoms with Crippen LogP contribution in [0.4, 0.5) is 5.69 Å². The first-order valence-corrected chi connectivity index (χ1v) is 8.87. The predicted molar refractivity (Wildman–Crippen MR) is 98.8 cm³/mol. The summed E-state index contributed by atoms with van der Waals surface area (Å²) in [6, 6.07) is 8.23. The number of thioether (sulfide) groups is 1. The smallest absolute Gasteiger partial charge is 0.222 e. The standard InChI is InChI=1S/C17H26N2OS.ClH/c1-3-21-15-10-9-14(12-15)19(2)17(20)11-8-13-6-4-5-7-16(13)18;/h4-7,14-15H,3,8-12,18H2,1-2H3;1H. The number of aryl methyl sites for hydroxylation is 1. The van der Waals surface area contributed by atoms with Crippen LogP contribution in [0.1, 0.15) is 38.2 Å². The van der Waals surface area contributed by atoms with Crippen LogP contribution in [-0.4, -0.2) is 34.9 Å². The molecule has 0 radical (unpaired) electrons. The van der Waals surface area contributed by atoms with Crippen molar-refractivity contribution in [1.82, 2.24) is 4.90 Å². The average Bonchev–Trinajstić information content (AvgIpc) is 2.94. The van der Waals surface area contributed by atoms with Crippen LogP contribution >= 0.6 is 24.2 Å². The van der Waals surface area contributed by atoms with Crippen molar-refractivity contribution in [1.29, 1.82) is 0 Å². The third-order valence-corrected chi connectivity index (χ3v) is 5.60. The van der Waals surface area contributed by atoms with E-state index in [1.54, 1.807) is 0 Å². The molecule has 0 saturated heterocycles. The highest BCUT2D eigenvalue weighted by atomic mass is 35.5. The quantitative estimate of drug-likeness (QED) is 0.801. The summed E-state index contributed by atoms with van der Waals surface area (Å²) in [5.74, 6) is 1.41. The van der Waals surface area contributed by atoms with Gasteiger partial charge in [0.15, 0.2) is 0 Å². The maximum Gasteiger partial charge on any atom is 0.222 e. The Balaban J connectivity index is 0.00000242. The molecule has 5 heteroatoms. The van der Waals surface area contributed by atoms with Gasteiger partial charge in [0.25, 0.3) is 0 Å². The summed E-state index contributed by atoms with van der Waals surface area (Å²) >= 11 is 2.03. The number of para-hydroxylation sites is 1. The van der Waals surface area contributed by atoms with Crippen LogP contribution in [0.2, 0.25) is 0 Å². The number of hydrogen-bond donors (Lipinski definition) is 1. The van der Waals surface area contributed by atoms with Crippen LogP contribution < -0.4 is 5.73 Å². The molecule has 1 saturated carbocycles. The van der Waals surface area contributed by atoms with Crippen LogP contribution in [0.15, 0.2) is 24.3 Å². The second-order valence-corrected chi connectivity index (χ2v) is 7.33. The predicted octanol–water partition coefficient (Wildman–Crippen LogP) is 3.76. The minimum Gasteiger partial charge on any atom is -0.399 e. The van der Waals surface area contributed by atoms with Gasteiger partial charge in [-0.15, -0.1) is 12.4 Å². The number of hydrogen-bond acceptors (Lipinski definition) is 3. The minimum absolute atomic E-state index is 0. The van der Waals surface area contributed by atoms with E-state index in [-0.39, 0.29) is 18.3 Å². The lowest BCUT2D eigenvalue weighted by molar-refractivity contribution is -0.131. The molecule has 1 aliphatic rings. The molecule has 0 heterocycles. The normalized spacial score (nSPS) is 20.5. The van der Waals surface area contributed by atoms with Crippen LogP contribution in [-0.2, 0) is 11.2 Å². The number of carbonyl (C=O) groups is 1. The molecule has 1 aliphatic carbocycles. The molecule has 124 valence electrons. The lowest BCUT2D eigenvalue weighted by Gasteiger charge is -2.25. The number of nitrogens with two attached hydrogens (primary N) is 1. The first-order chi connectivity index (χ1) is 10.1. The number of carbonyl (C=O) groups excluding carboxylic acids is 1. The SMILES string of the molecule is CCSC1CCC(N(C)C(=O)CCc2ccccc2N)C1.Cl. The Hall–Kier alpha value is -0.870. The maximum atomic E-state index is 12.4. The topological polar surface area (TPSA) is 46.3 Å². The van der Waals surface area contributed by atoms with Gasteiger partial charge in [-0.2, -0.15) is 11.8 Å². The van der Waals surface area contributed by atoms with Gasteiger partial charge in [-0.3, -0.25) is 4.79 Å². The largest absolute Gasteiger partial charge is 0.399 e. The highest BCUT2D eigenvalue weighted by Crippen LogP contribution is 2.32. The van der Waals surface area contributed by atoms with E-state index in [1.807, 2.05) is 48.0 Å². The average molecular weight is 343 g/mol. The second kappa shape index (κ2) is 9.31. The second-order valence-electron chi connectivity index (χ2n) is 5.75. The summed E-state index contributed by atoms with van der Waals surface area (Å²) in [7, 11) is 1.96. The number of benzene rings is 1. The Morgan fingerprint density at radius 2 is 2.09 bits per heavy atom. The van der Waals surface area contributed by atoms with Gasteiger partial charge in [0.05, 0.1) is 0 Å². The molecule has 1 aromatic carbocycles.